The van der Waals surface area contributed by atoms with E-state index in [0.717, 1.165) is 5.56 Å². The zero-order valence-electron chi connectivity index (χ0n) is 9.80. The summed E-state index contributed by atoms with van der Waals surface area (Å²) in [6.45, 7) is 0. The number of methoxy groups -OCH3 is 2. The highest BCUT2D eigenvalue weighted by Crippen LogP contribution is 2.34. The molecule has 0 spiro atoms. The zero-order chi connectivity index (χ0) is 12.3. The second-order valence-corrected chi connectivity index (χ2v) is 3.71. The van der Waals surface area contributed by atoms with E-state index >= 15 is 0 Å². The molecule has 1 unspecified atom stereocenters. The second kappa shape index (κ2) is 4.91. The Bertz CT molecular complexity index is 451. The third-order valence-electron chi connectivity index (χ3n) is 2.67. The highest BCUT2D eigenvalue weighted by atomic mass is 16.5. The van der Waals surface area contributed by atoms with Crippen LogP contribution in [0, 0.1) is 0 Å². The Kier molecular flexibility index (Phi) is 3.32. The Morgan fingerprint density at radius 3 is 2.76 bits per heavy atom. The average Bonchev–Trinajstić information content (AvgIpc) is 2.38. The summed E-state index contributed by atoms with van der Waals surface area (Å²) >= 11 is 0. The summed E-state index contributed by atoms with van der Waals surface area (Å²) in [7, 11) is 3.18. The Balaban J connectivity index is 2.31. The number of allylic oxidation sites excluding steroid dienone is 1. The van der Waals surface area contributed by atoms with Crippen LogP contribution in [0.2, 0.25) is 0 Å². The van der Waals surface area contributed by atoms with Gasteiger partial charge in [-0.2, -0.15) is 0 Å². The minimum absolute atomic E-state index is 0.0547. The average molecular weight is 234 g/mol. The van der Waals surface area contributed by atoms with Crippen LogP contribution in [0.15, 0.2) is 30.5 Å². The molecule has 90 valence electrons. The third-order valence-corrected chi connectivity index (χ3v) is 2.67. The van der Waals surface area contributed by atoms with Gasteiger partial charge in [0.25, 0.3) is 0 Å². The summed E-state index contributed by atoms with van der Waals surface area (Å²) in [6.07, 6.45) is 2.92. The first-order valence-electron chi connectivity index (χ1n) is 5.31. The minimum atomic E-state index is -0.284. The Labute approximate surface area is 99.8 Å². The van der Waals surface area contributed by atoms with E-state index in [0.29, 0.717) is 17.9 Å². The molecule has 1 aromatic rings. The number of benzene rings is 1. The predicted octanol–water partition coefficient (Wildman–Crippen LogP) is 2.25. The molecule has 2 rings (SSSR count). The molecular formula is C13H14O4. The van der Waals surface area contributed by atoms with Crippen molar-refractivity contribution in [2.45, 2.75) is 12.5 Å². The van der Waals surface area contributed by atoms with Gasteiger partial charge in [0, 0.05) is 17.7 Å². The van der Waals surface area contributed by atoms with E-state index < -0.39 is 0 Å². The predicted molar refractivity (Wildman–Crippen MR) is 62.1 cm³/mol. The van der Waals surface area contributed by atoms with Gasteiger partial charge >= 0.3 is 0 Å². The largest absolute Gasteiger partial charge is 0.497 e. The van der Waals surface area contributed by atoms with E-state index in [1.165, 1.54) is 12.3 Å². The molecule has 4 nitrogen and oxygen atoms in total. The lowest BCUT2D eigenvalue weighted by atomic mass is 10.0. The van der Waals surface area contributed by atoms with Gasteiger partial charge in [0.15, 0.2) is 5.78 Å². The fourth-order valence-corrected chi connectivity index (χ4v) is 1.78. The number of rotatable bonds is 3. The molecule has 1 aromatic carbocycles. The van der Waals surface area contributed by atoms with Crippen LogP contribution in [0.1, 0.15) is 18.1 Å². The van der Waals surface area contributed by atoms with Crippen molar-refractivity contribution < 1.29 is 19.0 Å². The molecule has 0 saturated heterocycles. The van der Waals surface area contributed by atoms with E-state index in [1.54, 1.807) is 20.3 Å². The topological polar surface area (TPSA) is 44.8 Å². The maximum Gasteiger partial charge on any atom is 0.162 e. The van der Waals surface area contributed by atoms with Crippen LogP contribution in [0.3, 0.4) is 0 Å². The summed E-state index contributed by atoms with van der Waals surface area (Å²) in [5, 5.41) is 0. The summed E-state index contributed by atoms with van der Waals surface area (Å²) in [4.78, 5) is 11.3. The van der Waals surface area contributed by atoms with Gasteiger partial charge in [0.1, 0.15) is 17.6 Å². The van der Waals surface area contributed by atoms with Crippen LogP contribution in [0.5, 0.6) is 11.5 Å². The number of ketones is 1. The van der Waals surface area contributed by atoms with E-state index in [-0.39, 0.29) is 11.9 Å². The SMILES string of the molecule is COc1ccc(C2CC(=O)C=CO2)c(OC)c1. The molecule has 0 radical (unpaired) electrons. The van der Waals surface area contributed by atoms with Crippen molar-refractivity contribution in [2.24, 2.45) is 0 Å². The maximum atomic E-state index is 11.3. The van der Waals surface area contributed by atoms with Gasteiger partial charge in [-0.05, 0) is 12.1 Å². The monoisotopic (exact) mass is 234 g/mol. The van der Waals surface area contributed by atoms with Crippen molar-refractivity contribution >= 4 is 5.78 Å². The van der Waals surface area contributed by atoms with Crippen LogP contribution < -0.4 is 9.47 Å². The number of hydrogen-bond donors (Lipinski definition) is 0. The molecule has 0 aromatic heterocycles. The summed E-state index contributed by atoms with van der Waals surface area (Å²) in [5.74, 6) is 1.43. The molecule has 1 heterocycles. The van der Waals surface area contributed by atoms with Gasteiger partial charge in [-0.3, -0.25) is 4.79 Å². The third kappa shape index (κ3) is 2.41. The summed E-state index contributed by atoms with van der Waals surface area (Å²) in [6, 6.07) is 5.46. The summed E-state index contributed by atoms with van der Waals surface area (Å²) in [5.41, 5.74) is 0.853. The highest BCUT2D eigenvalue weighted by molar-refractivity contribution is 5.90. The molecule has 0 fully saturated rings. The molecular weight excluding hydrogens is 220 g/mol. The zero-order valence-corrected chi connectivity index (χ0v) is 9.80. The smallest absolute Gasteiger partial charge is 0.162 e. The van der Waals surface area contributed by atoms with Crippen LogP contribution in [-0.2, 0) is 9.53 Å². The fraction of sp³-hybridized carbons (Fsp3) is 0.308. The van der Waals surface area contributed by atoms with Crippen molar-refractivity contribution in [3.05, 3.63) is 36.1 Å². The standard InChI is InChI=1S/C13H14O4/c1-15-10-3-4-11(12(8-10)16-2)13-7-9(14)5-6-17-13/h3-6,8,13H,7H2,1-2H3. The van der Waals surface area contributed by atoms with Gasteiger partial charge in [0.2, 0.25) is 0 Å². The first kappa shape index (κ1) is 11.5. The van der Waals surface area contributed by atoms with Crippen molar-refractivity contribution in [1.29, 1.82) is 0 Å². The molecule has 17 heavy (non-hydrogen) atoms. The van der Waals surface area contributed by atoms with E-state index in [9.17, 15) is 4.79 Å². The van der Waals surface area contributed by atoms with E-state index in [1.807, 2.05) is 12.1 Å². The number of carbonyl (C=O) groups is 1. The first-order chi connectivity index (χ1) is 8.24. The van der Waals surface area contributed by atoms with Crippen molar-refractivity contribution in [3.63, 3.8) is 0 Å². The maximum absolute atomic E-state index is 11.3. The molecule has 0 saturated carbocycles. The van der Waals surface area contributed by atoms with Crippen LogP contribution in [0.4, 0.5) is 0 Å². The van der Waals surface area contributed by atoms with Crippen molar-refractivity contribution in [3.8, 4) is 11.5 Å². The van der Waals surface area contributed by atoms with Gasteiger partial charge in [-0.25, -0.2) is 0 Å². The van der Waals surface area contributed by atoms with E-state index in [4.69, 9.17) is 14.2 Å². The molecule has 4 heteroatoms. The quantitative estimate of drug-likeness (QED) is 0.804. The molecule has 0 aliphatic carbocycles. The Hall–Kier alpha value is -1.97. The highest BCUT2D eigenvalue weighted by Gasteiger charge is 2.22. The lowest BCUT2D eigenvalue weighted by Crippen LogP contribution is -2.12. The molecule has 0 amide bonds. The Morgan fingerprint density at radius 2 is 2.12 bits per heavy atom. The normalized spacial score (nSPS) is 18.7. The first-order valence-corrected chi connectivity index (χ1v) is 5.31. The minimum Gasteiger partial charge on any atom is -0.497 e. The molecule has 0 N–H and O–H groups in total. The van der Waals surface area contributed by atoms with Crippen molar-refractivity contribution in [2.75, 3.05) is 14.2 Å². The van der Waals surface area contributed by atoms with Crippen LogP contribution in [0.25, 0.3) is 0 Å². The molecule has 1 atom stereocenters. The van der Waals surface area contributed by atoms with Crippen LogP contribution in [-0.4, -0.2) is 20.0 Å². The van der Waals surface area contributed by atoms with E-state index in [2.05, 4.69) is 0 Å². The van der Waals surface area contributed by atoms with Crippen LogP contribution >= 0.6 is 0 Å². The molecule has 0 bridgehead atoms. The number of ether oxygens (including phenoxy) is 3. The Morgan fingerprint density at radius 1 is 1.29 bits per heavy atom. The lowest BCUT2D eigenvalue weighted by molar-refractivity contribution is -0.118. The van der Waals surface area contributed by atoms with Gasteiger partial charge < -0.3 is 14.2 Å². The molecule has 1 aliphatic rings. The fourth-order valence-electron chi connectivity index (χ4n) is 1.78. The van der Waals surface area contributed by atoms with Gasteiger partial charge in [0.05, 0.1) is 26.9 Å². The number of hydrogen-bond acceptors (Lipinski definition) is 4. The van der Waals surface area contributed by atoms with Crippen molar-refractivity contribution in [1.82, 2.24) is 0 Å². The van der Waals surface area contributed by atoms with Gasteiger partial charge in [-0.1, -0.05) is 0 Å². The van der Waals surface area contributed by atoms with Gasteiger partial charge in [-0.15, -0.1) is 0 Å². The lowest BCUT2D eigenvalue weighted by Gasteiger charge is -2.21. The second-order valence-electron chi connectivity index (χ2n) is 3.71. The summed E-state index contributed by atoms with van der Waals surface area (Å²) < 4.78 is 15.8. The molecule has 1 aliphatic heterocycles. The number of carbonyl (C=O) groups excluding carboxylic acids is 1.